The van der Waals surface area contributed by atoms with Gasteiger partial charge in [-0.2, -0.15) is 0 Å². The molecule has 0 radical (unpaired) electrons. The van der Waals surface area contributed by atoms with E-state index in [4.69, 9.17) is 9.47 Å². The zero-order valence-corrected chi connectivity index (χ0v) is 18.5. The van der Waals surface area contributed by atoms with Crippen molar-refractivity contribution in [3.8, 4) is 11.5 Å². The van der Waals surface area contributed by atoms with Gasteiger partial charge in [-0.05, 0) is 61.7 Å². The first-order valence-corrected chi connectivity index (χ1v) is 10.8. The smallest absolute Gasteiger partial charge is 0.257 e. The molecule has 8 nitrogen and oxygen atoms in total. The van der Waals surface area contributed by atoms with Crippen LogP contribution in [0.3, 0.4) is 0 Å². The molecular weight excluding hydrogens is 410 g/mol. The monoisotopic (exact) mass is 439 g/mol. The van der Waals surface area contributed by atoms with Gasteiger partial charge in [0.05, 0.1) is 7.11 Å². The van der Waals surface area contributed by atoms with Crippen molar-refractivity contribution in [3.05, 3.63) is 53.6 Å². The average molecular weight is 440 g/mol. The Hall–Kier alpha value is -3.55. The standard InChI is InChI=1S/C24H29N3O5/c1-3-25-22(28)16-32-20-12-7-17(14-21(20)31-2)15-26-24(30)18-8-10-19(11-9-18)27-13-5-4-6-23(27)29/h7-12,14H,3-6,13,15-16H2,1-2H3,(H,25,28)(H,26,30). The number of nitrogens with one attached hydrogen (secondary N) is 2. The number of piperidine rings is 1. The second-order valence-corrected chi connectivity index (χ2v) is 7.46. The Bertz CT molecular complexity index is 959. The number of carbonyl (C=O) groups is 3. The molecule has 170 valence electrons. The summed E-state index contributed by atoms with van der Waals surface area (Å²) in [5.74, 6) is 0.646. The summed E-state index contributed by atoms with van der Waals surface area (Å²) in [5, 5.41) is 5.55. The van der Waals surface area contributed by atoms with Crippen LogP contribution < -0.4 is 25.0 Å². The Morgan fingerprint density at radius 2 is 1.81 bits per heavy atom. The Morgan fingerprint density at radius 1 is 1.03 bits per heavy atom. The fourth-order valence-corrected chi connectivity index (χ4v) is 3.49. The minimum absolute atomic E-state index is 0.0979. The van der Waals surface area contributed by atoms with Crippen molar-refractivity contribution in [2.45, 2.75) is 32.7 Å². The number of benzene rings is 2. The van der Waals surface area contributed by atoms with Crippen LogP contribution in [0.5, 0.6) is 11.5 Å². The largest absolute Gasteiger partial charge is 0.493 e. The third-order valence-corrected chi connectivity index (χ3v) is 5.18. The predicted octanol–water partition coefficient (Wildman–Crippen LogP) is 2.66. The van der Waals surface area contributed by atoms with Crippen molar-refractivity contribution < 1.29 is 23.9 Å². The highest BCUT2D eigenvalue weighted by atomic mass is 16.5. The fourth-order valence-electron chi connectivity index (χ4n) is 3.49. The van der Waals surface area contributed by atoms with E-state index < -0.39 is 0 Å². The molecule has 1 fully saturated rings. The number of nitrogens with zero attached hydrogens (tertiary/aromatic N) is 1. The molecule has 2 N–H and O–H groups in total. The zero-order valence-electron chi connectivity index (χ0n) is 18.5. The van der Waals surface area contributed by atoms with Gasteiger partial charge >= 0.3 is 0 Å². The zero-order chi connectivity index (χ0) is 22.9. The van der Waals surface area contributed by atoms with Gasteiger partial charge in [-0.1, -0.05) is 6.07 Å². The molecule has 1 aliphatic heterocycles. The lowest BCUT2D eigenvalue weighted by atomic mass is 10.1. The van der Waals surface area contributed by atoms with Crippen LogP contribution in [0.4, 0.5) is 5.69 Å². The molecule has 0 spiro atoms. The van der Waals surface area contributed by atoms with Crippen molar-refractivity contribution in [3.63, 3.8) is 0 Å². The molecule has 8 heteroatoms. The average Bonchev–Trinajstić information content (AvgIpc) is 2.82. The normalized spacial score (nSPS) is 13.4. The van der Waals surface area contributed by atoms with Gasteiger partial charge in [-0.3, -0.25) is 14.4 Å². The van der Waals surface area contributed by atoms with Crippen molar-refractivity contribution in [1.82, 2.24) is 10.6 Å². The Kier molecular flexibility index (Phi) is 8.08. The summed E-state index contributed by atoms with van der Waals surface area (Å²) in [6, 6.07) is 12.4. The summed E-state index contributed by atoms with van der Waals surface area (Å²) >= 11 is 0. The van der Waals surface area contributed by atoms with E-state index in [1.54, 1.807) is 35.2 Å². The molecule has 2 aromatic rings. The van der Waals surface area contributed by atoms with E-state index in [0.29, 0.717) is 36.6 Å². The highest BCUT2D eigenvalue weighted by Gasteiger charge is 2.19. The van der Waals surface area contributed by atoms with Crippen molar-refractivity contribution in [2.75, 3.05) is 31.7 Å². The minimum Gasteiger partial charge on any atom is -0.493 e. The first-order valence-electron chi connectivity index (χ1n) is 10.8. The highest BCUT2D eigenvalue weighted by Crippen LogP contribution is 2.28. The number of ether oxygens (including phenoxy) is 2. The molecule has 0 atom stereocenters. The quantitative estimate of drug-likeness (QED) is 0.626. The predicted molar refractivity (Wildman–Crippen MR) is 121 cm³/mol. The number of anilines is 1. The third-order valence-electron chi connectivity index (χ3n) is 5.18. The molecule has 32 heavy (non-hydrogen) atoms. The van der Waals surface area contributed by atoms with Crippen molar-refractivity contribution >= 4 is 23.4 Å². The molecule has 0 unspecified atom stereocenters. The fraction of sp³-hybridized carbons (Fsp3) is 0.375. The van der Waals surface area contributed by atoms with Gasteiger partial charge in [0.2, 0.25) is 5.91 Å². The summed E-state index contributed by atoms with van der Waals surface area (Å²) in [6.45, 7) is 3.30. The molecule has 3 amide bonds. The maximum absolute atomic E-state index is 12.5. The topological polar surface area (TPSA) is 97.0 Å². The molecule has 0 aromatic heterocycles. The second-order valence-electron chi connectivity index (χ2n) is 7.46. The number of hydrogen-bond acceptors (Lipinski definition) is 5. The summed E-state index contributed by atoms with van der Waals surface area (Å²) in [5.41, 5.74) is 2.17. The molecule has 2 aromatic carbocycles. The molecule has 0 saturated carbocycles. The van der Waals surface area contributed by atoms with Gasteiger partial charge in [0.15, 0.2) is 18.1 Å². The van der Waals surface area contributed by atoms with Crippen molar-refractivity contribution in [2.24, 2.45) is 0 Å². The lowest BCUT2D eigenvalue weighted by Crippen LogP contribution is -2.35. The number of rotatable bonds is 9. The molecule has 0 aliphatic carbocycles. The molecular formula is C24H29N3O5. The minimum atomic E-state index is -0.211. The molecule has 0 bridgehead atoms. The number of amides is 3. The van der Waals surface area contributed by atoms with Gasteiger partial charge in [0.1, 0.15) is 0 Å². The van der Waals surface area contributed by atoms with Crippen LogP contribution in [-0.4, -0.2) is 44.5 Å². The Balaban J connectivity index is 1.57. The van der Waals surface area contributed by atoms with Crippen LogP contribution in [-0.2, 0) is 16.1 Å². The first-order chi connectivity index (χ1) is 15.5. The van der Waals surface area contributed by atoms with Crippen LogP contribution in [0.2, 0.25) is 0 Å². The Morgan fingerprint density at radius 3 is 2.50 bits per heavy atom. The van der Waals surface area contributed by atoms with E-state index in [0.717, 1.165) is 30.6 Å². The summed E-state index contributed by atoms with van der Waals surface area (Å²) < 4.78 is 10.9. The van der Waals surface area contributed by atoms with E-state index in [9.17, 15) is 14.4 Å². The summed E-state index contributed by atoms with van der Waals surface area (Å²) in [7, 11) is 1.52. The maximum atomic E-state index is 12.5. The maximum Gasteiger partial charge on any atom is 0.257 e. The van der Waals surface area contributed by atoms with Crippen molar-refractivity contribution in [1.29, 1.82) is 0 Å². The van der Waals surface area contributed by atoms with Crippen LogP contribution in [0.25, 0.3) is 0 Å². The van der Waals surface area contributed by atoms with E-state index in [2.05, 4.69) is 10.6 Å². The Labute approximate surface area is 187 Å². The lowest BCUT2D eigenvalue weighted by Gasteiger charge is -2.26. The molecule has 1 aliphatic rings. The third kappa shape index (κ3) is 6.00. The van der Waals surface area contributed by atoms with Crippen LogP contribution in [0, 0.1) is 0 Å². The summed E-state index contributed by atoms with van der Waals surface area (Å²) in [4.78, 5) is 37.9. The molecule has 1 heterocycles. The molecule has 1 saturated heterocycles. The van der Waals surface area contributed by atoms with E-state index >= 15 is 0 Å². The number of likely N-dealkylation sites (N-methyl/N-ethyl adjacent to an activating group) is 1. The lowest BCUT2D eigenvalue weighted by molar-refractivity contribution is -0.123. The van der Waals surface area contributed by atoms with E-state index in [1.165, 1.54) is 7.11 Å². The SMILES string of the molecule is CCNC(=O)COc1ccc(CNC(=O)c2ccc(N3CCCCC3=O)cc2)cc1OC. The van der Waals surface area contributed by atoms with E-state index in [-0.39, 0.29) is 24.3 Å². The number of methoxy groups -OCH3 is 1. The van der Waals surface area contributed by atoms with Gasteiger partial charge in [-0.25, -0.2) is 0 Å². The molecule has 3 rings (SSSR count). The first kappa shape index (κ1) is 23.1. The van der Waals surface area contributed by atoms with Crippen LogP contribution in [0.1, 0.15) is 42.1 Å². The van der Waals surface area contributed by atoms with Crippen LogP contribution in [0.15, 0.2) is 42.5 Å². The van der Waals surface area contributed by atoms with Gasteiger partial charge in [-0.15, -0.1) is 0 Å². The number of hydrogen-bond donors (Lipinski definition) is 2. The highest BCUT2D eigenvalue weighted by molar-refractivity contribution is 5.96. The van der Waals surface area contributed by atoms with E-state index in [1.807, 2.05) is 19.1 Å². The van der Waals surface area contributed by atoms with Gasteiger partial charge < -0.3 is 25.0 Å². The number of carbonyl (C=O) groups excluding carboxylic acids is 3. The second kappa shape index (κ2) is 11.2. The van der Waals surface area contributed by atoms with Crippen LogP contribution >= 0.6 is 0 Å². The summed E-state index contributed by atoms with van der Waals surface area (Å²) in [6.07, 6.45) is 2.50. The van der Waals surface area contributed by atoms with Gasteiger partial charge in [0, 0.05) is 37.3 Å². The van der Waals surface area contributed by atoms with Gasteiger partial charge in [0.25, 0.3) is 11.8 Å².